The normalized spacial score (nSPS) is 10.3. The summed E-state index contributed by atoms with van der Waals surface area (Å²) < 4.78 is 0.861. The fraction of sp³-hybridized carbons (Fsp3) is 0.143. The van der Waals surface area contributed by atoms with E-state index in [2.05, 4.69) is 26.2 Å². The smallest absolute Gasteiger partial charge is 0.257 e. The van der Waals surface area contributed by atoms with Crippen molar-refractivity contribution < 1.29 is 4.79 Å². The fourth-order valence-electron chi connectivity index (χ4n) is 1.77. The molecule has 0 aliphatic carbocycles. The molecule has 2 aromatic rings. The van der Waals surface area contributed by atoms with Gasteiger partial charge >= 0.3 is 0 Å². The van der Waals surface area contributed by atoms with Gasteiger partial charge < -0.3 is 5.32 Å². The Kier molecular flexibility index (Phi) is 4.22. The lowest BCUT2D eigenvalue weighted by molar-refractivity contribution is 0.102. The Bertz CT molecular complexity index is 603. The number of nitrogens with zero attached hydrogens (tertiary/aromatic N) is 1. The number of carbonyl (C=O) groups excluding carboxylic acids is 1. The number of hydrogen-bond donors (Lipinski definition) is 1. The molecule has 2 rings (SSSR count). The van der Waals surface area contributed by atoms with Crippen molar-refractivity contribution in [2.75, 3.05) is 5.32 Å². The number of halogens is 2. The summed E-state index contributed by atoms with van der Waals surface area (Å²) >= 11 is 9.15. The summed E-state index contributed by atoms with van der Waals surface area (Å²) in [4.78, 5) is 16.0. The van der Waals surface area contributed by atoms with Gasteiger partial charge in [0.15, 0.2) is 0 Å². The van der Waals surface area contributed by atoms with Crippen molar-refractivity contribution >= 4 is 39.1 Å². The van der Waals surface area contributed by atoms with Crippen molar-refractivity contribution in [3.05, 3.63) is 56.8 Å². The first-order valence-electron chi connectivity index (χ1n) is 5.67. The molecule has 1 N–H and O–H groups in total. The molecule has 3 nitrogen and oxygen atoms in total. The molecule has 1 aromatic carbocycles. The Balaban J connectivity index is 2.26. The van der Waals surface area contributed by atoms with Crippen molar-refractivity contribution in [3.8, 4) is 0 Å². The van der Waals surface area contributed by atoms with Gasteiger partial charge in [-0.3, -0.25) is 4.79 Å². The van der Waals surface area contributed by atoms with E-state index in [0.717, 1.165) is 21.3 Å². The van der Waals surface area contributed by atoms with Crippen LogP contribution < -0.4 is 5.32 Å². The summed E-state index contributed by atoms with van der Waals surface area (Å²) in [5.41, 5.74) is 3.37. The minimum Gasteiger partial charge on any atom is -0.321 e. The summed E-state index contributed by atoms with van der Waals surface area (Å²) in [6.45, 7) is 3.96. The summed E-state index contributed by atoms with van der Waals surface area (Å²) in [5, 5.41) is 3.24. The predicted molar refractivity (Wildman–Crippen MR) is 80.8 cm³/mol. The Morgan fingerprint density at radius 3 is 2.63 bits per heavy atom. The molecule has 1 heterocycles. The number of aromatic nitrogens is 1. The molecule has 0 aliphatic rings. The average molecular weight is 340 g/mol. The highest BCUT2D eigenvalue weighted by molar-refractivity contribution is 9.10. The molecule has 19 heavy (non-hydrogen) atoms. The van der Waals surface area contributed by atoms with Gasteiger partial charge in [-0.25, -0.2) is 4.98 Å². The number of aryl methyl sites for hydroxylation is 2. The van der Waals surface area contributed by atoms with Gasteiger partial charge in [0.2, 0.25) is 0 Å². The highest BCUT2D eigenvalue weighted by Crippen LogP contribution is 2.28. The molecule has 0 atom stereocenters. The van der Waals surface area contributed by atoms with Gasteiger partial charge in [-0.2, -0.15) is 0 Å². The molecule has 1 aromatic heterocycles. The highest BCUT2D eigenvalue weighted by atomic mass is 79.9. The average Bonchev–Trinajstić information content (AvgIpc) is 2.34. The van der Waals surface area contributed by atoms with E-state index in [1.807, 2.05) is 26.0 Å². The van der Waals surface area contributed by atoms with Crippen molar-refractivity contribution in [1.82, 2.24) is 4.98 Å². The number of anilines is 1. The van der Waals surface area contributed by atoms with E-state index < -0.39 is 0 Å². The van der Waals surface area contributed by atoms with Gasteiger partial charge in [0.25, 0.3) is 5.91 Å². The fourth-order valence-corrected chi connectivity index (χ4v) is 2.65. The van der Waals surface area contributed by atoms with Crippen LogP contribution in [-0.4, -0.2) is 10.9 Å². The number of pyridine rings is 1. The van der Waals surface area contributed by atoms with Crippen LogP contribution in [-0.2, 0) is 0 Å². The second-order valence-electron chi connectivity index (χ2n) is 4.26. The van der Waals surface area contributed by atoms with Crippen molar-refractivity contribution in [2.24, 2.45) is 0 Å². The molecule has 0 unspecified atom stereocenters. The number of nitrogens with one attached hydrogen (secondary N) is 1. The van der Waals surface area contributed by atoms with Crippen LogP contribution >= 0.6 is 27.5 Å². The van der Waals surface area contributed by atoms with Crippen LogP contribution in [0.1, 0.15) is 21.5 Å². The monoisotopic (exact) mass is 338 g/mol. The Morgan fingerprint density at radius 1 is 1.32 bits per heavy atom. The zero-order chi connectivity index (χ0) is 14.0. The molecule has 0 radical (unpaired) electrons. The summed E-state index contributed by atoms with van der Waals surface area (Å²) in [6, 6.07) is 7.21. The molecule has 0 saturated carbocycles. The van der Waals surface area contributed by atoms with Crippen molar-refractivity contribution in [3.63, 3.8) is 0 Å². The zero-order valence-corrected chi connectivity index (χ0v) is 12.8. The van der Waals surface area contributed by atoms with E-state index in [0.29, 0.717) is 10.7 Å². The second kappa shape index (κ2) is 5.72. The number of carbonyl (C=O) groups is 1. The van der Waals surface area contributed by atoms with Crippen LogP contribution in [0.5, 0.6) is 0 Å². The standard InChI is InChI=1S/C14H12BrClN2O/c1-8-5-9(2)13(11(15)6-8)18-14(19)10-3-4-12(16)17-7-10/h3-7H,1-2H3,(H,18,19). The van der Waals surface area contributed by atoms with Crippen LogP contribution in [0, 0.1) is 13.8 Å². The summed E-state index contributed by atoms with van der Waals surface area (Å²) in [6.07, 6.45) is 1.45. The van der Waals surface area contributed by atoms with Crippen LogP contribution in [0.2, 0.25) is 5.15 Å². The predicted octanol–water partition coefficient (Wildman–Crippen LogP) is 4.37. The maximum absolute atomic E-state index is 12.1. The second-order valence-corrected chi connectivity index (χ2v) is 5.50. The molecular formula is C14H12BrClN2O. The van der Waals surface area contributed by atoms with Gasteiger partial charge in [-0.15, -0.1) is 0 Å². The molecule has 0 saturated heterocycles. The number of benzene rings is 1. The van der Waals surface area contributed by atoms with Gasteiger partial charge in [0, 0.05) is 10.7 Å². The van der Waals surface area contributed by atoms with Gasteiger partial charge in [0.05, 0.1) is 11.3 Å². The molecule has 0 bridgehead atoms. The molecule has 0 spiro atoms. The van der Waals surface area contributed by atoms with E-state index in [4.69, 9.17) is 11.6 Å². The van der Waals surface area contributed by atoms with E-state index in [1.54, 1.807) is 12.1 Å². The highest BCUT2D eigenvalue weighted by Gasteiger charge is 2.11. The first kappa shape index (κ1) is 14.0. The molecule has 98 valence electrons. The van der Waals surface area contributed by atoms with E-state index >= 15 is 0 Å². The zero-order valence-electron chi connectivity index (χ0n) is 10.5. The first-order valence-corrected chi connectivity index (χ1v) is 6.84. The molecule has 5 heteroatoms. The first-order chi connectivity index (χ1) is 8.97. The van der Waals surface area contributed by atoms with Crippen LogP contribution in [0.4, 0.5) is 5.69 Å². The lowest BCUT2D eigenvalue weighted by atomic mass is 10.1. The van der Waals surface area contributed by atoms with Crippen LogP contribution in [0.15, 0.2) is 34.9 Å². The molecule has 0 aliphatic heterocycles. The maximum atomic E-state index is 12.1. The minimum atomic E-state index is -0.211. The van der Waals surface area contributed by atoms with Gasteiger partial charge in [-0.05, 0) is 59.1 Å². The summed E-state index contributed by atoms with van der Waals surface area (Å²) in [5.74, 6) is -0.211. The van der Waals surface area contributed by atoms with E-state index in [9.17, 15) is 4.79 Å². The lowest BCUT2D eigenvalue weighted by Crippen LogP contribution is -2.13. The topological polar surface area (TPSA) is 42.0 Å². The summed E-state index contributed by atoms with van der Waals surface area (Å²) in [7, 11) is 0. The molecule has 1 amide bonds. The minimum absolute atomic E-state index is 0.211. The Hall–Kier alpha value is -1.39. The van der Waals surface area contributed by atoms with Crippen molar-refractivity contribution in [2.45, 2.75) is 13.8 Å². The van der Waals surface area contributed by atoms with Gasteiger partial charge in [0.1, 0.15) is 5.15 Å². The quantitative estimate of drug-likeness (QED) is 0.826. The molecular weight excluding hydrogens is 328 g/mol. The number of amides is 1. The van der Waals surface area contributed by atoms with Crippen LogP contribution in [0.25, 0.3) is 0 Å². The van der Waals surface area contributed by atoms with E-state index in [1.165, 1.54) is 6.20 Å². The largest absolute Gasteiger partial charge is 0.321 e. The van der Waals surface area contributed by atoms with Crippen molar-refractivity contribution in [1.29, 1.82) is 0 Å². The maximum Gasteiger partial charge on any atom is 0.257 e. The Labute approximate surface area is 125 Å². The number of rotatable bonds is 2. The third kappa shape index (κ3) is 3.33. The number of hydrogen-bond acceptors (Lipinski definition) is 2. The third-order valence-electron chi connectivity index (χ3n) is 2.66. The molecule has 0 fully saturated rings. The SMILES string of the molecule is Cc1cc(C)c(NC(=O)c2ccc(Cl)nc2)c(Br)c1. The van der Waals surface area contributed by atoms with E-state index in [-0.39, 0.29) is 5.91 Å². The van der Waals surface area contributed by atoms with Gasteiger partial charge in [-0.1, -0.05) is 17.7 Å². The van der Waals surface area contributed by atoms with Crippen LogP contribution in [0.3, 0.4) is 0 Å². The Morgan fingerprint density at radius 2 is 2.05 bits per heavy atom. The third-order valence-corrected chi connectivity index (χ3v) is 3.51. The lowest BCUT2D eigenvalue weighted by Gasteiger charge is -2.11.